The molecule has 0 saturated carbocycles. The van der Waals surface area contributed by atoms with Crippen LogP contribution in [0.2, 0.25) is 0 Å². The Hall–Kier alpha value is -2.80. The van der Waals surface area contributed by atoms with Gasteiger partial charge >= 0.3 is 5.97 Å². The summed E-state index contributed by atoms with van der Waals surface area (Å²) < 4.78 is 0. The van der Waals surface area contributed by atoms with Gasteiger partial charge in [-0.25, -0.2) is 0 Å². The molecule has 0 aliphatic heterocycles. The minimum atomic E-state index is -0.964. The molecule has 0 unspecified atom stereocenters. The van der Waals surface area contributed by atoms with Gasteiger partial charge in [-0.2, -0.15) is 0 Å². The Bertz CT molecular complexity index is 806. The van der Waals surface area contributed by atoms with Crippen LogP contribution in [-0.4, -0.2) is 35.2 Å². The Kier molecular flexibility index (Phi) is 7.88. The standard InChI is InChI=1S/C20H22N2O4S/c1-14-3-2-4-15(11-14)12-27-13-18(23)22-17-7-5-16(6-8-17)20(26)21-10-9-19(24)25/h2-8,11H,9-10,12-13H2,1H3,(H,21,26)(H,22,23)(H,24,25). The summed E-state index contributed by atoms with van der Waals surface area (Å²) in [4.78, 5) is 34.3. The average Bonchev–Trinajstić information content (AvgIpc) is 2.62. The van der Waals surface area contributed by atoms with Crippen molar-refractivity contribution in [3.05, 3.63) is 65.2 Å². The van der Waals surface area contributed by atoms with Crippen LogP contribution in [0.25, 0.3) is 0 Å². The number of carboxylic acid groups (broad SMARTS) is 1. The lowest BCUT2D eigenvalue weighted by molar-refractivity contribution is -0.136. The number of aryl methyl sites for hydroxylation is 1. The smallest absolute Gasteiger partial charge is 0.305 e. The van der Waals surface area contributed by atoms with Gasteiger partial charge in [-0.05, 0) is 36.8 Å². The number of aliphatic carboxylic acids is 1. The monoisotopic (exact) mass is 386 g/mol. The van der Waals surface area contributed by atoms with Gasteiger partial charge < -0.3 is 15.7 Å². The molecule has 0 aromatic heterocycles. The summed E-state index contributed by atoms with van der Waals surface area (Å²) in [6, 6.07) is 14.7. The summed E-state index contributed by atoms with van der Waals surface area (Å²) in [6.45, 7) is 2.11. The first-order chi connectivity index (χ1) is 12.9. The zero-order valence-electron chi connectivity index (χ0n) is 15.0. The molecule has 0 spiro atoms. The molecule has 0 saturated heterocycles. The minimum Gasteiger partial charge on any atom is -0.481 e. The Morgan fingerprint density at radius 2 is 1.81 bits per heavy atom. The van der Waals surface area contributed by atoms with Crippen LogP contribution in [0.3, 0.4) is 0 Å². The van der Waals surface area contributed by atoms with Crippen LogP contribution in [0.4, 0.5) is 5.69 Å². The topological polar surface area (TPSA) is 95.5 Å². The molecule has 0 aliphatic carbocycles. The molecule has 0 atom stereocenters. The molecular weight excluding hydrogens is 364 g/mol. The Morgan fingerprint density at radius 3 is 2.48 bits per heavy atom. The average molecular weight is 386 g/mol. The first kappa shape index (κ1) is 20.5. The molecule has 2 rings (SSSR count). The van der Waals surface area contributed by atoms with Gasteiger partial charge in [-0.3, -0.25) is 14.4 Å². The van der Waals surface area contributed by atoms with Gasteiger partial charge in [0.25, 0.3) is 5.91 Å². The van der Waals surface area contributed by atoms with Crippen LogP contribution in [0.1, 0.15) is 27.9 Å². The maximum Gasteiger partial charge on any atom is 0.305 e. The predicted molar refractivity (Wildman–Crippen MR) is 107 cm³/mol. The molecule has 0 radical (unpaired) electrons. The molecular formula is C20H22N2O4S. The second-order valence-electron chi connectivity index (χ2n) is 6.01. The van der Waals surface area contributed by atoms with Crippen molar-refractivity contribution in [2.24, 2.45) is 0 Å². The van der Waals surface area contributed by atoms with E-state index in [4.69, 9.17) is 5.11 Å². The molecule has 27 heavy (non-hydrogen) atoms. The Morgan fingerprint density at radius 1 is 1.07 bits per heavy atom. The van der Waals surface area contributed by atoms with Gasteiger partial charge in [0.1, 0.15) is 0 Å². The minimum absolute atomic E-state index is 0.0742. The van der Waals surface area contributed by atoms with E-state index in [0.717, 1.165) is 5.75 Å². The zero-order chi connectivity index (χ0) is 19.6. The van der Waals surface area contributed by atoms with Gasteiger partial charge in [-0.15, -0.1) is 11.8 Å². The predicted octanol–water partition coefficient (Wildman–Crippen LogP) is 3.07. The zero-order valence-corrected chi connectivity index (χ0v) is 15.8. The molecule has 0 aliphatic rings. The Balaban J connectivity index is 1.75. The second kappa shape index (κ2) is 10.4. The van der Waals surface area contributed by atoms with Crippen LogP contribution in [0.15, 0.2) is 48.5 Å². The third-order valence-electron chi connectivity index (χ3n) is 3.64. The number of rotatable bonds is 9. The van der Waals surface area contributed by atoms with E-state index >= 15 is 0 Å². The summed E-state index contributed by atoms with van der Waals surface area (Å²) in [5.41, 5.74) is 3.40. The van der Waals surface area contributed by atoms with E-state index in [1.54, 1.807) is 24.3 Å². The van der Waals surface area contributed by atoms with Crippen molar-refractivity contribution in [3.63, 3.8) is 0 Å². The van der Waals surface area contributed by atoms with Gasteiger partial charge in [0.2, 0.25) is 5.91 Å². The lowest BCUT2D eigenvalue weighted by atomic mass is 10.2. The molecule has 2 amide bonds. The number of hydrogen-bond acceptors (Lipinski definition) is 4. The van der Waals surface area contributed by atoms with E-state index in [0.29, 0.717) is 17.0 Å². The van der Waals surface area contributed by atoms with Crippen molar-refractivity contribution in [1.82, 2.24) is 5.32 Å². The molecule has 3 N–H and O–H groups in total. The highest BCUT2D eigenvalue weighted by Gasteiger charge is 2.07. The van der Waals surface area contributed by atoms with Crippen molar-refractivity contribution in [3.8, 4) is 0 Å². The van der Waals surface area contributed by atoms with Crippen LogP contribution in [0.5, 0.6) is 0 Å². The summed E-state index contributed by atoms with van der Waals surface area (Å²) >= 11 is 1.54. The summed E-state index contributed by atoms with van der Waals surface area (Å²) in [5.74, 6) is -0.307. The Labute approximate surface area is 162 Å². The first-order valence-corrected chi connectivity index (χ1v) is 9.62. The summed E-state index contributed by atoms with van der Waals surface area (Å²) in [6.07, 6.45) is -0.125. The fraction of sp³-hybridized carbons (Fsp3) is 0.250. The van der Waals surface area contributed by atoms with Gasteiger partial charge in [-0.1, -0.05) is 29.8 Å². The third-order valence-corrected chi connectivity index (χ3v) is 4.64. The first-order valence-electron chi connectivity index (χ1n) is 8.47. The highest BCUT2D eigenvalue weighted by molar-refractivity contribution is 7.99. The maximum atomic E-state index is 12.0. The van der Waals surface area contributed by atoms with Crippen molar-refractivity contribution in [2.75, 3.05) is 17.6 Å². The molecule has 0 bridgehead atoms. The van der Waals surface area contributed by atoms with Crippen molar-refractivity contribution in [2.45, 2.75) is 19.1 Å². The van der Waals surface area contributed by atoms with Gasteiger partial charge in [0, 0.05) is 23.5 Å². The highest BCUT2D eigenvalue weighted by atomic mass is 32.2. The molecule has 2 aromatic rings. The van der Waals surface area contributed by atoms with E-state index < -0.39 is 5.97 Å². The normalized spacial score (nSPS) is 10.3. The molecule has 7 heteroatoms. The molecule has 2 aromatic carbocycles. The van der Waals surface area contributed by atoms with Crippen LogP contribution < -0.4 is 10.6 Å². The fourth-order valence-corrected chi connectivity index (χ4v) is 3.13. The van der Waals surface area contributed by atoms with E-state index in [1.165, 1.54) is 22.9 Å². The largest absolute Gasteiger partial charge is 0.481 e. The lowest BCUT2D eigenvalue weighted by Gasteiger charge is -2.07. The lowest BCUT2D eigenvalue weighted by Crippen LogP contribution is -2.26. The number of nitrogens with one attached hydrogen (secondary N) is 2. The van der Waals surface area contributed by atoms with Crippen molar-refractivity contribution < 1.29 is 19.5 Å². The van der Waals surface area contributed by atoms with Crippen molar-refractivity contribution in [1.29, 1.82) is 0 Å². The van der Waals surface area contributed by atoms with Gasteiger partial charge in [0.05, 0.1) is 12.2 Å². The van der Waals surface area contributed by atoms with E-state index in [2.05, 4.69) is 16.7 Å². The fourth-order valence-electron chi connectivity index (χ4n) is 2.35. The van der Waals surface area contributed by atoms with Gasteiger partial charge in [0.15, 0.2) is 0 Å². The quantitative estimate of drug-likeness (QED) is 0.616. The number of benzene rings is 2. The number of thioether (sulfide) groups is 1. The maximum absolute atomic E-state index is 12.0. The van der Waals surface area contributed by atoms with E-state index in [9.17, 15) is 14.4 Å². The van der Waals surface area contributed by atoms with E-state index in [1.807, 2.05) is 25.1 Å². The summed E-state index contributed by atoms with van der Waals surface area (Å²) in [7, 11) is 0. The number of carboxylic acids is 1. The third kappa shape index (κ3) is 7.53. The SMILES string of the molecule is Cc1cccc(CSCC(=O)Nc2ccc(C(=O)NCCC(=O)O)cc2)c1. The number of carbonyl (C=O) groups excluding carboxylic acids is 2. The highest BCUT2D eigenvalue weighted by Crippen LogP contribution is 2.15. The molecule has 0 fully saturated rings. The van der Waals surface area contributed by atoms with Crippen molar-refractivity contribution >= 4 is 35.2 Å². The number of hydrogen-bond donors (Lipinski definition) is 3. The second-order valence-corrected chi connectivity index (χ2v) is 6.99. The van der Waals surface area contributed by atoms with Crippen LogP contribution in [0, 0.1) is 6.92 Å². The molecule has 0 heterocycles. The summed E-state index contributed by atoms with van der Waals surface area (Å²) in [5, 5.41) is 13.9. The molecule has 142 valence electrons. The number of anilines is 1. The molecule has 6 nitrogen and oxygen atoms in total. The number of carbonyl (C=O) groups is 3. The van der Waals surface area contributed by atoms with Crippen LogP contribution >= 0.6 is 11.8 Å². The van der Waals surface area contributed by atoms with Crippen LogP contribution in [-0.2, 0) is 15.3 Å². The number of amides is 2. The van der Waals surface area contributed by atoms with E-state index in [-0.39, 0.29) is 24.8 Å².